The van der Waals surface area contributed by atoms with Crippen molar-refractivity contribution in [2.45, 2.75) is 64.6 Å². The number of amides is 1. The lowest BCUT2D eigenvalue weighted by atomic mass is 10.0. The molecule has 5 nitrogen and oxygen atoms in total. The topological polar surface area (TPSA) is 75.3 Å². The summed E-state index contributed by atoms with van der Waals surface area (Å²) >= 11 is 0. The van der Waals surface area contributed by atoms with Crippen molar-refractivity contribution in [3.05, 3.63) is 0 Å². The molecule has 122 valence electrons. The van der Waals surface area contributed by atoms with E-state index in [0.717, 1.165) is 6.42 Å². The average Bonchev–Trinajstić information content (AvgIpc) is 2.65. The van der Waals surface area contributed by atoms with Crippen LogP contribution in [0.3, 0.4) is 0 Å². The summed E-state index contributed by atoms with van der Waals surface area (Å²) in [7, 11) is -2.07. The molecule has 1 aliphatic rings. The molecule has 21 heavy (non-hydrogen) atoms. The molecule has 0 bridgehead atoms. The summed E-state index contributed by atoms with van der Waals surface area (Å²) in [6.45, 7) is 7.89. The molecule has 0 spiro atoms. The van der Waals surface area contributed by atoms with Crippen LogP contribution in [0.25, 0.3) is 0 Å². The molecular formula is C15H28N2O3S. The van der Waals surface area contributed by atoms with Gasteiger partial charge in [-0.1, -0.05) is 13.3 Å². The molecule has 1 amide bonds. The SMILES string of the molecule is C=S1(=O)CCC(NC(=O)C(=O)C(CCC)NC(C)(C)C)C1. The Labute approximate surface area is 128 Å². The summed E-state index contributed by atoms with van der Waals surface area (Å²) in [5, 5.41) is 5.91. The van der Waals surface area contributed by atoms with E-state index in [2.05, 4.69) is 16.5 Å². The molecule has 0 aliphatic carbocycles. The normalized spacial score (nSPS) is 27.3. The molecule has 0 radical (unpaired) electrons. The first-order chi connectivity index (χ1) is 9.54. The van der Waals surface area contributed by atoms with E-state index < -0.39 is 27.3 Å². The van der Waals surface area contributed by atoms with E-state index in [-0.39, 0.29) is 11.6 Å². The Balaban J connectivity index is 2.64. The monoisotopic (exact) mass is 316 g/mol. The molecule has 0 aromatic heterocycles. The molecule has 2 N–H and O–H groups in total. The Bertz CT molecular complexity index is 492. The first-order valence-electron chi connectivity index (χ1n) is 7.49. The third-order valence-electron chi connectivity index (χ3n) is 3.40. The summed E-state index contributed by atoms with van der Waals surface area (Å²) < 4.78 is 11.8. The molecule has 1 heterocycles. The lowest BCUT2D eigenvalue weighted by Gasteiger charge is -2.27. The average molecular weight is 316 g/mol. The van der Waals surface area contributed by atoms with Crippen LogP contribution in [-0.2, 0) is 19.1 Å². The molecule has 1 rings (SSSR count). The van der Waals surface area contributed by atoms with Crippen molar-refractivity contribution in [1.82, 2.24) is 10.6 Å². The van der Waals surface area contributed by atoms with Gasteiger partial charge in [-0.25, -0.2) is 0 Å². The van der Waals surface area contributed by atoms with Crippen LogP contribution in [0.2, 0.25) is 0 Å². The van der Waals surface area contributed by atoms with Crippen LogP contribution in [0.4, 0.5) is 0 Å². The first kappa shape index (κ1) is 18.2. The second-order valence-corrected chi connectivity index (χ2v) is 9.57. The van der Waals surface area contributed by atoms with Crippen LogP contribution >= 0.6 is 0 Å². The van der Waals surface area contributed by atoms with E-state index in [4.69, 9.17) is 0 Å². The Morgan fingerprint density at radius 1 is 1.38 bits per heavy atom. The van der Waals surface area contributed by atoms with Crippen LogP contribution in [0.1, 0.15) is 47.0 Å². The third-order valence-corrected chi connectivity index (χ3v) is 5.39. The summed E-state index contributed by atoms with van der Waals surface area (Å²) in [6, 6.07) is -0.663. The lowest BCUT2D eigenvalue weighted by molar-refractivity contribution is -0.139. The number of nitrogens with one attached hydrogen (secondary N) is 2. The molecule has 3 atom stereocenters. The Hall–Kier alpha value is -0.880. The van der Waals surface area contributed by atoms with Crippen LogP contribution in [0, 0.1) is 0 Å². The fourth-order valence-electron chi connectivity index (χ4n) is 2.50. The van der Waals surface area contributed by atoms with E-state index in [0.29, 0.717) is 24.3 Å². The summed E-state index contributed by atoms with van der Waals surface area (Å²) in [5.74, 6) is 3.54. The molecule has 6 heteroatoms. The van der Waals surface area contributed by atoms with Gasteiger partial charge in [0.1, 0.15) is 0 Å². The standard InChI is InChI=1S/C15H28N2O3S/c1-6-7-12(17-15(2,3)4)13(18)14(19)16-11-8-9-21(5,20)10-11/h11-12,17H,5-10H2,1-4H3,(H,16,19). The highest BCUT2D eigenvalue weighted by Crippen LogP contribution is 2.12. The number of carbonyl (C=O) groups is 2. The number of hydrogen-bond acceptors (Lipinski definition) is 4. The Morgan fingerprint density at radius 2 is 2.00 bits per heavy atom. The van der Waals surface area contributed by atoms with E-state index in [9.17, 15) is 13.8 Å². The van der Waals surface area contributed by atoms with Crippen LogP contribution in [0.5, 0.6) is 0 Å². The van der Waals surface area contributed by atoms with Gasteiger partial charge in [0.15, 0.2) is 0 Å². The number of Topliss-reactive ketones (excluding diaryl/α,β-unsaturated/α-hetero) is 1. The Kier molecular flexibility index (Phi) is 5.99. The second kappa shape index (κ2) is 6.92. The largest absolute Gasteiger partial charge is 0.346 e. The van der Waals surface area contributed by atoms with Gasteiger partial charge >= 0.3 is 0 Å². The molecule has 0 aromatic carbocycles. The van der Waals surface area contributed by atoms with Gasteiger partial charge in [-0.15, -0.1) is 0 Å². The van der Waals surface area contributed by atoms with Crippen molar-refractivity contribution in [3.63, 3.8) is 0 Å². The lowest BCUT2D eigenvalue weighted by Crippen LogP contribution is -2.53. The first-order valence-corrected chi connectivity index (χ1v) is 9.55. The van der Waals surface area contributed by atoms with Gasteiger partial charge < -0.3 is 10.6 Å². The number of carbonyl (C=O) groups excluding carboxylic acids is 2. The summed E-state index contributed by atoms with van der Waals surface area (Å²) in [6.07, 6.45) is 2.08. The van der Waals surface area contributed by atoms with Crippen LogP contribution in [-0.4, -0.2) is 50.9 Å². The van der Waals surface area contributed by atoms with Gasteiger partial charge in [0.25, 0.3) is 5.91 Å². The maximum absolute atomic E-state index is 12.3. The number of hydrogen-bond donors (Lipinski definition) is 2. The highest BCUT2D eigenvalue weighted by Gasteiger charge is 2.31. The van der Waals surface area contributed by atoms with Crippen molar-refractivity contribution in [2.75, 3.05) is 11.5 Å². The van der Waals surface area contributed by atoms with Crippen molar-refractivity contribution < 1.29 is 13.8 Å². The molecular weight excluding hydrogens is 288 g/mol. The molecule has 0 aromatic rings. The third kappa shape index (κ3) is 6.18. The fourth-order valence-corrected chi connectivity index (χ4v) is 4.36. The summed E-state index contributed by atoms with van der Waals surface area (Å²) in [5.41, 5.74) is -0.231. The highest BCUT2D eigenvalue weighted by atomic mass is 32.2. The van der Waals surface area contributed by atoms with Crippen LogP contribution < -0.4 is 10.6 Å². The minimum atomic E-state index is -2.07. The van der Waals surface area contributed by atoms with Crippen LogP contribution in [0.15, 0.2) is 0 Å². The predicted octanol–water partition coefficient (Wildman–Crippen LogP) is 0.717. The highest BCUT2D eigenvalue weighted by molar-refractivity contribution is 8.00. The molecule has 3 unspecified atom stereocenters. The minimum Gasteiger partial charge on any atom is -0.346 e. The van der Waals surface area contributed by atoms with Gasteiger partial charge in [0.05, 0.1) is 6.04 Å². The van der Waals surface area contributed by atoms with Crippen molar-refractivity contribution >= 4 is 27.1 Å². The predicted molar refractivity (Wildman–Crippen MR) is 88.1 cm³/mol. The van der Waals surface area contributed by atoms with Gasteiger partial charge in [-0.3, -0.25) is 13.8 Å². The molecule has 0 saturated carbocycles. The zero-order chi connectivity index (χ0) is 16.3. The maximum atomic E-state index is 12.3. The van der Waals surface area contributed by atoms with E-state index in [1.165, 1.54) is 0 Å². The van der Waals surface area contributed by atoms with Crippen molar-refractivity contribution in [1.29, 1.82) is 0 Å². The van der Waals surface area contributed by atoms with E-state index in [1.54, 1.807) is 0 Å². The second-order valence-electron chi connectivity index (χ2n) is 6.90. The van der Waals surface area contributed by atoms with Crippen molar-refractivity contribution in [3.8, 4) is 0 Å². The number of ketones is 1. The van der Waals surface area contributed by atoms with Gasteiger partial charge in [0, 0.05) is 23.1 Å². The number of rotatable bonds is 6. The minimum absolute atomic E-state index is 0.191. The van der Waals surface area contributed by atoms with E-state index >= 15 is 0 Å². The zero-order valence-corrected chi connectivity index (χ0v) is 14.3. The van der Waals surface area contributed by atoms with Gasteiger partial charge in [-0.2, -0.15) is 0 Å². The van der Waals surface area contributed by atoms with Crippen molar-refractivity contribution in [2.24, 2.45) is 0 Å². The fraction of sp³-hybridized carbons (Fsp3) is 0.800. The summed E-state index contributed by atoms with van der Waals surface area (Å²) in [4.78, 5) is 24.4. The quantitative estimate of drug-likeness (QED) is 0.559. The molecule has 1 aliphatic heterocycles. The zero-order valence-electron chi connectivity index (χ0n) is 13.5. The van der Waals surface area contributed by atoms with E-state index in [1.807, 2.05) is 27.7 Å². The van der Waals surface area contributed by atoms with Gasteiger partial charge in [-0.05, 0) is 49.0 Å². The van der Waals surface area contributed by atoms with Gasteiger partial charge in [0.2, 0.25) is 5.78 Å². The smallest absolute Gasteiger partial charge is 0.289 e. The Morgan fingerprint density at radius 3 is 2.43 bits per heavy atom. The molecule has 1 saturated heterocycles. The molecule has 1 fully saturated rings. The maximum Gasteiger partial charge on any atom is 0.289 e.